The first-order chi connectivity index (χ1) is 4.70. The molecule has 1 rings (SSSR count). The summed E-state index contributed by atoms with van der Waals surface area (Å²) >= 11 is 0. The molecular weight excluding hydrogens is 126 g/mol. The van der Waals surface area contributed by atoms with E-state index in [-0.39, 0.29) is 0 Å². The van der Waals surface area contributed by atoms with E-state index in [0.717, 1.165) is 25.8 Å². The van der Waals surface area contributed by atoms with Gasteiger partial charge in [-0.3, -0.25) is 5.84 Å². The van der Waals surface area contributed by atoms with Gasteiger partial charge >= 0.3 is 0 Å². The van der Waals surface area contributed by atoms with E-state index in [1.807, 2.05) is 5.01 Å². The van der Waals surface area contributed by atoms with Crippen LogP contribution in [-0.4, -0.2) is 23.6 Å². The van der Waals surface area contributed by atoms with Gasteiger partial charge in [0.15, 0.2) is 0 Å². The average Bonchev–Trinajstić information content (AvgIpc) is 2.04. The second-order valence-electron chi connectivity index (χ2n) is 3.21. The van der Waals surface area contributed by atoms with Crippen LogP contribution in [0.3, 0.4) is 0 Å². The maximum atomic E-state index is 5.78. The zero-order valence-corrected chi connectivity index (χ0v) is 6.59. The Morgan fingerprint density at radius 1 is 1.30 bits per heavy atom. The fourth-order valence-corrected chi connectivity index (χ4v) is 1.30. The molecule has 0 radical (unpaired) electrons. The van der Waals surface area contributed by atoms with Crippen molar-refractivity contribution < 1.29 is 0 Å². The summed E-state index contributed by atoms with van der Waals surface area (Å²) in [7, 11) is 0. The molecule has 1 fully saturated rings. The summed E-state index contributed by atoms with van der Waals surface area (Å²) in [6, 6.07) is 0.879. The van der Waals surface area contributed by atoms with Crippen LogP contribution in [0.15, 0.2) is 0 Å². The number of hydrogen-bond donors (Lipinski definition) is 2. The lowest BCUT2D eigenvalue weighted by Gasteiger charge is -2.20. The topological polar surface area (TPSA) is 55.3 Å². The van der Waals surface area contributed by atoms with Gasteiger partial charge in [-0.05, 0) is 26.2 Å². The largest absolute Gasteiger partial charge is 0.328 e. The Kier molecular flexibility index (Phi) is 2.65. The van der Waals surface area contributed by atoms with Crippen molar-refractivity contribution >= 4 is 0 Å². The first-order valence-corrected chi connectivity index (χ1v) is 3.97. The highest BCUT2D eigenvalue weighted by Gasteiger charge is 2.16. The van der Waals surface area contributed by atoms with Crippen molar-refractivity contribution in [2.45, 2.75) is 38.3 Å². The zero-order valence-electron chi connectivity index (χ0n) is 6.59. The van der Waals surface area contributed by atoms with Gasteiger partial charge in [0.1, 0.15) is 0 Å². The van der Waals surface area contributed by atoms with Crippen LogP contribution < -0.4 is 11.6 Å². The lowest BCUT2D eigenvalue weighted by atomic mass is 10.1. The van der Waals surface area contributed by atoms with Crippen LogP contribution in [0.25, 0.3) is 0 Å². The highest BCUT2D eigenvalue weighted by Crippen LogP contribution is 2.11. The molecule has 0 bridgehead atoms. The third kappa shape index (κ3) is 1.94. The molecular formula is C7H17N3. The maximum Gasteiger partial charge on any atom is 0.0213 e. The van der Waals surface area contributed by atoms with Gasteiger partial charge in [-0.15, -0.1) is 0 Å². The summed E-state index contributed by atoms with van der Waals surface area (Å²) in [6.45, 7) is 3.10. The molecule has 1 heterocycles. The van der Waals surface area contributed by atoms with E-state index in [0.29, 0.717) is 12.1 Å². The Morgan fingerprint density at radius 3 is 2.70 bits per heavy atom. The molecule has 4 N–H and O–H groups in total. The van der Waals surface area contributed by atoms with Crippen LogP contribution in [0.1, 0.15) is 26.2 Å². The molecule has 0 aliphatic carbocycles. The Morgan fingerprint density at radius 2 is 2.00 bits per heavy atom. The van der Waals surface area contributed by atoms with Crippen LogP contribution in [0, 0.1) is 0 Å². The number of hydrazine groups is 1. The van der Waals surface area contributed by atoms with Crippen LogP contribution in [0.2, 0.25) is 0 Å². The summed E-state index contributed by atoms with van der Waals surface area (Å²) in [5.41, 5.74) is 5.78. The molecule has 0 aromatic rings. The highest BCUT2D eigenvalue weighted by atomic mass is 15.4. The third-order valence-electron chi connectivity index (χ3n) is 2.28. The molecule has 2 unspecified atom stereocenters. The predicted molar refractivity (Wildman–Crippen MR) is 42.2 cm³/mol. The molecule has 3 nitrogen and oxygen atoms in total. The minimum absolute atomic E-state index is 0.371. The monoisotopic (exact) mass is 143 g/mol. The van der Waals surface area contributed by atoms with Gasteiger partial charge in [0.2, 0.25) is 0 Å². The summed E-state index contributed by atoms with van der Waals surface area (Å²) in [4.78, 5) is 0. The SMILES string of the molecule is CC1CCC(N)CCN1N. The van der Waals surface area contributed by atoms with Crippen molar-refractivity contribution in [1.29, 1.82) is 0 Å². The standard InChI is InChI=1S/C7H17N3/c1-6-2-3-7(8)4-5-10(6)9/h6-7H,2-5,8-9H2,1H3. The maximum absolute atomic E-state index is 5.78. The van der Waals surface area contributed by atoms with Crippen molar-refractivity contribution in [3.05, 3.63) is 0 Å². The van der Waals surface area contributed by atoms with Crippen LogP contribution in [0.5, 0.6) is 0 Å². The smallest absolute Gasteiger partial charge is 0.0213 e. The molecule has 0 amide bonds. The van der Waals surface area contributed by atoms with Gasteiger partial charge in [-0.2, -0.15) is 0 Å². The normalized spacial score (nSPS) is 37.5. The van der Waals surface area contributed by atoms with Crippen LogP contribution >= 0.6 is 0 Å². The van der Waals surface area contributed by atoms with Gasteiger partial charge in [0, 0.05) is 18.6 Å². The molecule has 60 valence electrons. The minimum atomic E-state index is 0.371. The Bertz CT molecular complexity index is 93.0. The van der Waals surface area contributed by atoms with Crippen LogP contribution in [0.4, 0.5) is 0 Å². The number of hydrogen-bond acceptors (Lipinski definition) is 3. The van der Waals surface area contributed by atoms with E-state index in [1.54, 1.807) is 0 Å². The van der Waals surface area contributed by atoms with Crippen molar-refractivity contribution in [2.75, 3.05) is 6.54 Å². The first kappa shape index (κ1) is 7.98. The van der Waals surface area contributed by atoms with Gasteiger partial charge in [-0.1, -0.05) is 0 Å². The Labute approximate surface area is 62.3 Å². The molecule has 3 heteroatoms. The van der Waals surface area contributed by atoms with Crippen molar-refractivity contribution in [2.24, 2.45) is 11.6 Å². The summed E-state index contributed by atoms with van der Waals surface area (Å²) < 4.78 is 0. The first-order valence-electron chi connectivity index (χ1n) is 3.97. The average molecular weight is 143 g/mol. The van der Waals surface area contributed by atoms with Gasteiger partial charge in [0.25, 0.3) is 0 Å². The van der Waals surface area contributed by atoms with Gasteiger partial charge in [-0.25, -0.2) is 5.01 Å². The Hall–Kier alpha value is -0.120. The van der Waals surface area contributed by atoms with Crippen molar-refractivity contribution in [1.82, 2.24) is 5.01 Å². The second kappa shape index (κ2) is 3.32. The molecule has 2 atom stereocenters. The van der Waals surface area contributed by atoms with E-state index in [1.165, 1.54) is 0 Å². The van der Waals surface area contributed by atoms with Gasteiger partial charge in [0.05, 0.1) is 0 Å². The summed E-state index contributed by atoms with van der Waals surface area (Å²) in [5, 5.41) is 1.90. The van der Waals surface area contributed by atoms with E-state index in [4.69, 9.17) is 11.6 Å². The molecule has 0 spiro atoms. The van der Waals surface area contributed by atoms with Gasteiger partial charge < -0.3 is 5.73 Å². The molecule has 0 saturated carbocycles. The Balaban J connectivity index is 2.38. The lowest BCUT2D eigenvalue weighted by Crippen LogP contribution is -2.38. The summed E-state index contributed by atoms with van der Waals surface area (Å²) in [5.74, 6) is 5.72. The van der Waals surface area contributed by atoms with E-state index < -0.39 is 0 Å². The highest BCUT2D eigenvalue weighted by molar-refractivity contribution is 4.73. The van der Waals surface area contributed by atoms with Crippen molar-refractivity contribution in [3.8, 4) is 0 Å². The quantitative estimate of drug-likeness (QED) is 0.471. The number of rotatable bonds is 0. The predicted octanol–water partition coefficient (Wildman–Crippen LogP) is 0.0618. The lowest BCUT2D eigenvalue weighted by molar-refractivity contribution is 0.219. The molecule has 10 heavy (non-hydrogen) atoms. The fourth-order valence-electron chi connectivity index (χ4n) is 1.30. The third-order valence-corrected chi connectivity index (χ3v) is 2.28. The summed E-state index contributed by atoms with van der Waals surface area (Å²) in [6.07, 6.45) is 3.30. The number of nitrogens with two attached hydrogens (primary N) is 2. The van der Waals surface area contributed by atoms with Crippen molar-refractivity contribution in [3.63, 3.8) is 0 Å². The van der Waals surface area contributed by atoms with E-state index >= 15 is 0 Å². The second-order valence-corrected chi connectivity index (χ2v) is 3.21. The number of nitrogens with zero attached hydrogens (tertiary/aromatic N) is 1. The molecule has 1 aliphatic rings. The zero-order chi connectivity index (χ0) is 7.56. The van der Waals surface area contributed by atoms with Crippen LogP contribution in [-0.2, 0) is 0 Å². The molecule has 1 aliphatic heterocycles. The van der Waals surface area contributed by atoms with E-state index in [2.05, 4.69) is 6.92 Å². The fraction of sp³-hybridized carbons (Fsp3) is 1.00. The molecule has 1 saturated heterocycles. The van der Waals surface area contributed by atoms with E-state index in [9.17, 15) is 0 Å². The molecule has 0 aromatic heterocycles. The molecule has 0 aromatic carbocycles. The minimum Gasteiger partial charge on any atom is -0.328 e.